The highest BCUT2D eigenvalue weighted by Crippen LogP contribution is 2.10. The molecule has 0 saturated carbocycles. The number of ether oxygens (including phenoxy) is 1. The molecule has 6 heteroatoms. The molecular weight excluding hydrogens is 174 g/mol. The molecule has 0 radical (unpaired) electrons. The van der Waals surface area contributed by atoms with Gasteiger partial charge >= 0.3 is 11.8 Å². The second kappa shape index (κ2) is 4.20. The molecule has 74 valence electrons. The second-order valence-corrected chi connectivity index (χ2v) is 2.91. The van der Waals surface area contributed by atoms with Gasteiger partial charge in [0.1, 0.15) is 0 Å². The molecule has 1 aliphatic heterocycles. The minimum atomic E-state index is -0.797. The van der Waals surface area contributed by atoms with Crippen LogP contribution in [0.4, 0.5) is 0 Å². The van der Waals surface area contributed by atoms with Crippen LogP contribution in [0.5, 0.6) is 0 Å². The van der Waals surface area contributed by atoms with Crippen LogP contribution in [0.2, 0.25) is 0 Å². The summed E-state index contributed by atoms with van der Waals surface area (Å²) in [6.45, 7) is 1.12. The van der Waals surface area contributed by atoms with Crippen LogP contribution in [0.3, 0.4) is 0 Å². The van der Waals surface area contributed by atoms with Gasteiger partial charge in [-0.25, -0.2) is 5.84 Å². The van der Waals surface area contributed by atoms with Gasteiger partial charge in [0.2, 0.25) is 0 Å². The fraction of sp³-hybridized carbons (Fsp3) is 0.714. The van der Waals surface area contributed by atoms with Crippen LogP contribution in [0.25, 0.3) is 0 Å². The maximum atomic E-state index is 11.2. The number of hydrogen-bond donors (Lipinski definition) is 2. The highest BCUT2D eigenvalue weighted by molar-refractivity contribution is 6.34. The summed E-state index contributed by atoms with van der Waals surface area (Å²) in [7, 11) is 1.57. The smallest absolute Gasteiger partial charge is 0.323 e. The molecule has 1 fully saturated rings. The van der Waals surface area contributed by atoms with Crippen molar-refractivity contribution in [2.75, 3.05) is 20.3 Å². The van der Waals surface area contributed by atoms with Crippen LogP contribution in [0.15, 0.2) is 0 Å². The molecule has 1 atom stereocenters. The molecule has 1 aliphatic rings. The van der Waals surface area contributed by atoms with Gasteiger partial charge in [0, 0.05) is 13.7 Å². The van der Waals surface area contributed by atoms with E-state index in [0.29, 0.717) is 13.2 Å². The van der Waals surface area contributed by atoms with Crippen LogP contribution >= 0.6 is 0 Å². The Morgan fingerprint density at radius 3 is 2.77 bits per heavy atom. The Morgan fingerprint density at radius 1 is 1.62 bits per heavy atom. The van der Waals surface area contributed by atoms with Crippen molar-refractivity contribution < 1.29 is 14.3 Å². The van der Waals surface area contributed by atoms with Crippen molar-refractivity contribution in [3.05, 3.63) is 0 Å². The van der Waals surface area contributed by atoms with Gasteiger partial charge in [-0.3, -0.25) is 15.0 Å². The van der Waals surface area contributed by atoms with Crippen molar-refractivity contribution >= 4 is 11.8 Å². The van der Waals surface area contributed by atoms with Gasteiger partial charge in [0.15, 0.2) is 0 Å². The summed E-state index contributed by atoms with van der Waals surface area (Å²) in [6, 6.07) is -0.00944. The molecule has 2 amide bonds. The molecule has 1 saturated heterocycles. The van der Waals surface area contributed by atoms with Gasteiger partial charge in [0.05, 0.1) is 12.6 Å². The topological polar surface area (TPSA) is 84.7 Å². The zero-order chi connectivity index (χ0) is 9.84. The average Bonchev–Trinajstić information content (AvgIpc) is 2.67. The summed E-state index contributed by atoms with van der Waals surface area (Å²) >= 11 is 0. The van der Waals surface area contributed by atoms with Crippen LogP contribution < -0.4 is 11.3 Å². The number of amides is 2. The number of rotatable bonds is 1. The number of hydrogen-bond acceptors (Lipinski definition) is 4. The predicted octanol–water partition coefficient (Wildman–Crippen LogP) is -1.78. The molecule has 0 aliphatic carbocycles. The van der Waals surface area contributed by atoms with E-state index in [-0.39, 0.29) is 6.04 Å². The molecule has 0 aromatic heterocycles. The monoisotopic (exact) mass is 187 g/mol. The minimum absolute atomic E-state index is 0.00944. The Hall–Kier alpha value is -1.14. The second-order valence-electron chi connectivity index (χ2n) is 2.91. The predicted molar refractivity (Wildman–Crippen MR) is 44.3 cm³/mol. The third-order valence-electron chi connectivity index (χ3n) is 2.10. The third-order valence-corrected chi connectivity index (χ3v) is 2.10. The van der Waals surface area contributed by atoms with Crippen LogP contribution in [-0.2, 0) is 14.3 Å². The Labute approximate surface area is 76.0 Å². The van der Waals surface area contributed by atoms with Crippen molar-refractivity contribution in [2.24, 2.45) is 5.84 Å². The summed E-state index contributed by atoms with van der Waals surface area (Å²) in [6.07, 6.45) is 0.764. The van der Waals surface area contributed by atoms with Gasteiger partial charge in [-0.2, -0.15) is 0 Å². The highest BCUT2D eigenvalue weighted by atomic mass is 16.5. The zero-order valence-corrected chi connectivity index (χ0v) is 7.45. The standard InChI is InChI=1S/C7H13N3O3/c1-10(5-2-3-13-4-5)7(12)6(11)9-8/h5H,2-4,8H2,1H3,(H,9,11). The first-order valence-corrected chi connectivity index (χ1v) is 4.02. The van der Waals surface area contributed by atoms with Gasteiger partial charge in [-0.1, -0.05) is 0 Å². The van der Waals surface area contributed by atoms with E-state index in [1.165, 1.54) is 4.90 Å². The lowest BCUT2D eigenvalue weighted by Gasteiger charge is -2.21. The number of nitrogens with one attached hydrogen (secondary N) is 1. The van der Waals surface area contributed by atoms with Crippen LogP contribution in [-0.4, -0.2) is 43.0 Å². The fourth-order valence-electron chi connectivity index (χ4n) is 1.22. The lowest BCUT2D eigenvalue weighted by Crippen LogP contribution is -2.47. The Kier molecular flexibility index (Phi) is 3.21. The van der Waals surface area contributed by atoms with Crippen molar-refractivity contribution in [1.82, 2.24) is 10.3 Å². The van der Waals surface area contributed by atoms with Gasteiger partial charge in [0.25, 0.3) is 0 Å². The molecule has 1 heterocycles. The summed E-state index contributed by atoms with van der Waals surface area (Å²) in [5, 5.41) is 0. The highest BCUT2D eigenvalue weighted by Gasteiger charge is 2.27. The molecule has 1 rings (SSSR count). The van der Waals surface area contributed by atoms with E-state index < -0.39 is 11.8 Å². The first-order chi connectivity index (χ1) is 6.16. The van der Waals surface area contributed by atoms with Crippen molar-refractivity contribution in [3.63, 3.8) is 0 Å². The summed E-state index contributed by atoms with van der Waals surface area (Å²) in [5.41, 5.74) is 1.80. The number of nitrogens with zero attached hydrogens (tertiary/aromatic N) is 1. The lowest BCUT2D eigenvalue weighted by atomic mass is 10.2. The maximum absolute atomic E-state index is 11.2. The summed E-state index contributed by atoms with van der Waals surface area (Å²) < 4.78 is 5.08. The van der Waals surface area contributed by atoms with E-state index in [4.69, 9.17) is 10.6 Å². The van der Waals surface area contributed by atoms with Gasteiger partial charge < -0.3 is 9.64 Å². The molecular formula is C7H13N3O3. The molecule has 13 heavy (non-hydrogen) atoms. The van der Waals surface area contributed by atoms with Crippen LogP contribution in [0, 0.1) is 0 Å². The van der Waals surface area contributed by atoms with Crippen LogP contribution in [0.1, 0.15) is 6.42 Å². The summed E-state index contributed by atoms with van der Waals surface area (Å²) in [5.74, 6) is 3.41. The largest absolute Gasteiger partial charge is 0.379 e. The molecule has 0 spiro atoms. The maximum Gasteiger partial charge on any atom is 0.323 e. The van der Waals surface area contributed by atoms with E-state index in [9.17, 15) is 9.59 Å². The van der Waals surface area contributed by atoms with E-state index in [1.54, 1.807) is 12.5 Å². The fourth-order valence-corrected chi connectivity index (χ4v) is 1.22. The summed E-state index contributed by atoms with van der Waals surface area (Å²) in [4.78, 5) is 23.4. The number of carbonyl (C=O) groups excluding carboxylic acids is 2. The SMILES string of the molecule is CN(C(=O)C(=O)NN)C1CCOC1. The van der Waals surface area contributed by atoms with Gasteiger partial charge in [-0.05, 0) is 6.42 Å². The lowest BCUT2D eigenvalue weighted by molar-refractivity contribution is -0.146. The molecule has 0 aromatic rings. The molecule has 0 bridgehead atoms. The third kappa shape index (κ3) is 2.16. The van der Waals surface area contributed by atoms with E-state index in [2.05, 4.69) is 0 Å². The molecule has 3 N–H and O–H groups in total. The zero-order valence-electron chi connectivity index (χ0n) is 7.45. The first kappa shape index (κ1) is 9.94. The Bertz CT molecular complexity index is 213. The Balaban J connectivity index is 2.50. The molecule has 0 aromatic carbocycles. The Morgan fingerprint density at radius 2 is 2.31 bits per heavy atom. The van der Waals surface area contributed by atoms with Gasteiger partial charge in [-0.15, -0.1) is 0 Å². The molecule has 1 unspecified atom stereocenters. The quantitative estimate of drug-likeness (QED) is 0.220. The number of carbonyl (C=O) groups is 2. The number of likely N-dealkylation sites (N-methyl/N-ethyl adjacent to an activating group) is 1. The molecule has 6 nitrogen and oxygen atoms in total. The minimum Gasteiger partial charge on any atom is -0.379 e. The average molecular weight is 187 g/mol. The number of nitrogens with two attached hydrogens (primary N) is 1. The number of hydrazine groups is 1. The van der Waals surface area contributed by atoms with Crippen molar-refractivity contribution in [3.8, 4) is 0 Å². The van der Waals surface area contributed by atoms with Crippen molar-refractivity contribution in [2.45, 2.75) is 12.5 Å². The van der Waals surface area contributed by atoms with E-state index >= 15 is 0 Å². The van der Waals surface area contributed by atoms with Crippen molar-refractivity contribution in [1.29, 1.82) is 0 Å². The van der Waals surface area contributed by atoms with E-state index in [0.717, 1.165) is 6.42 Å². The normalized spacial score (nSPS) is 21.2. The van der Waals surface area contributed by atoms with E-state index in [1.807, 2.05) is 0 Å². The first-order valence-electron chi connectivity index (χ1n) is 4.02.